The molecule has 0 bridgehead atoms. The van der Waals surface area contributed by atoms with Gasteiger partial charge in [0.1, 0.15) is 5.82 Å². The molecule has 4 N–H and O–H groups in total. The summed E-state index contributed by atoms with van der Waals surface area (Å²) in [5.74, 6) is 0.0613. The third-order valence-electron chi connectivity index (χ3n) is 4.58. The summed E-state index contributed by atoms with van der Waals surface area (Å²) < 4.78 is 0. The molecule has 1 fully saturated rings. The zero-order valence-electron chi connectivity index (χ0n) is 15.8. The summed E-state index contributed by atoms with van der Waals surface area (Å²) in [5, 5.41) is 6.40. The van der Waals surface area contributed by atoms with Crippen LogP contribution in [-0.4, -0.2) is 45.8 Å². The molecule has 28 heavy (non-hydrogen) atoms. The number of hydrogen-bond acceptors (Lipinski definition) is 6. The van der Waals surface area contributed by atoms with Crippen molar-refractivity contribution in [3.8, 4) is 0 Å². The first kappa shape index (κ1) is 19.3. The number of carbonyl (C=O) groups excluding carboxylic acids is 2. The van der Waals surface area contributed by atoms with E-state index in [1.165, 1.54) is 12.3 Å². The molecule has 8 nitrogen and oxygen atoms in total. The average Bonchev–Trinajstić information content (AvgIpc) is 2.69. The van der Waals surface area contributed by atoms with E-state index in [1.54, 1.807) is 4.90 Å². The van der Waals surface area contributed by atoms with Gasteiger partial charge in [-0.25, -0.2) is 9.97 Å². The highest BCUT2D eigenvalue weighted by atomic mass is 16.2. The Morgan fingerprint density at radius 3 is 2.75 bits per heavy atom. The first-order valence-corrected chi connectivity index (χ1v) is 9.14. The zero-order chi connectivity index (χ0) is 20.1. The summed E-state index contributed by atoms with van der Waals surface area (Å²) in [6.45, 7) is 6.81. The number of primary amides is 1. The predicted molar refractivity (Wildman–Crippen MR) is 108 cm³/mol. The molecule has 1 aliphatic rings. The number of anilines is 3. The number of carbonyl (C=O) groups is 2. The maximum atomic E-state index is 11.9. The normalized spacial score (nSPS) is 16.3. The van der Waals surface area contributed by atoms with Gasteiger partial charge >= 0.3 is 0 Å². The number of benzene rings is 1. The van der Waals surface area contributed by atoms with E-state index in [0.29, 0.717) is 12.4 Å². The maximum absolute atomic E-state index is 11.9. The second-order valence-electron chi connectivity index (χ2n) is 6.78. The van der Waals surface area contributed by atoms with Gasteiger partial charge in [-0.3, -0.25) is 9.59 Å². The van der Waals surface area contributed by atoms with Crippen molar-refractivity contribution in [3.05, 3.63) is 54.4 Å². The lowest BCUT2D eigenvalue weighted by atomic mass is 10.1. The second-order valence-corrected chi connectivity index (χ2v) is 6.78. The molecule has 0 spiro atoms. The number of rotatable bonds is 6. The van der Waals surface area contributed by atoms with Crippen molar-refractivity contribution < 1.29 is 9.59 Å². The Bertz CT molecular complexity index is 881. The SMILES string of the molecule is C=CC(=O)N1CCC[C@@H](Nc2cnc(C(N)=O)c(Nc3ccc(C)cc3)n2)C1. The van der Waals surface area contributed by atoms with E-state index < -0.39 is 5.91 Å². The van der Waals surface area contributed by atoms with Gasteiger partial charge < -0.3 is 21.3 Å². The highest BCUT2D eigenvalue weighted by Crippen LogP contribution is 2.21. The molecule has 0 saturated carbocycles. The van der Waals surface area contributed by atoms with Crippen molar-refractivity contribution in [1.29, 1.82) is 0 Å². The molecule has 3 rings (SSSR count). The van der Waals surface area contributed by atoms with Crippen LogP contribution in [0, 0.1) is 6.92 Å². The number of piperidine rings is 1. The molecule has 1 atom stereocenters. The fourth-order valence-corrected chi connectivity index (χ4v) is 3.13. The molecule has 1 aromatic heterocycles. The summed E-state index contributed by atoms with van der Waals surface area (Å²) in [4.78, 5) is 34.0. The van der Waals surface area contributed by atoms with Gasteiger partial charge in [0.25, 0.3) is 5.91 Å². The van der Waals surface area contributed by atoms with Crippen LogP contribution in [0.5, 0.6) is 0 Å². The second kappa shape index (κ2) is 8.51. The van der Waals surface area contributed by atoms with Crippen molar-refractivity contribution in [2.45, 2.75) is 25.8 Å². The van der Waals surface area contributed by atoms with Crippen molar-refractivity contribution in [3.63, 3.8) is 0 Å². The Morgan fingerprint density at radius 1 is 1.32 bits per heavy atom. The van der Waals surface area contributed by atoms with Crippen molar-refractivity contribution in [2.24, 2.45) is 5.73 Å². The third-order valence-corrected chi connectivity index (χ3v) is 4.58. The lowest BCUT2D eigenvalue weighted by molar-refractivity contribution is -0.127. The summed E-state index contributed by atoms with van der Waals surface area (Å²) in [6, 6.07) is 7.73. The highest BCUT2D eigenvalue weighted by molar-refractivity contribution is 5.96. The van der Waals surface area contributed by atoms with Gasteiger partial charge in [0, 0.05) is 24.8 Å². The van der Waals surface area contributed by atoms with Crippen LogP contribution in [-0.2, 0) is 4.79 Å². The molecule has 1 aliphatic heterocycles. The Kier molecular flexibility index (Phi) is 5.88. The molecule has 0 radical (unpaired) electrons. The van der Waals surface area contributed by atoms with Crippen molar-refractivity contribution in [2.75, 3.05) is 23.7 Å². The van der Waals surface area contributed by atoms with Gasteiger partial charge in [-0.05, 0) is 38.0 Å². The number of nitrogens with two attached hydrogens (primary N) is 1. The number of likely N-dealkylation sites (tertiary alicyclic amines) is 1. The molecule has 2 amide bonds. The summed E-state index contributed by atoms with van der Waals surface area (Å²) in [5.41, 5.74) is 7.41. The monoisotopic (exact) mass is 380 g/mol. The Morgan fingerprint density at radius 2 is 2.07 bits per heavy atom. The molecule has 0 aliphatic carbocycles. The predicted octanol–water partition coefficient (Wildman–Crippen LogP) is 2.22. The van der Waals surface area contributed by atoms with Gasteiger partial charge in [0.15, 0.2) is 11.5 Å². The van der Waals surface area contributed by atoms with Crippen LogP contribution in [0.25, 0.3) is 0 Å². The molecule has 2 aromatic rings. The minimum absolute atomic E-state index is 0.0404. The van der Waals surface area contributed by atoms with Gasteiger partial charge in [0.2, 0.25) is 5.91 Å². The van der Waals surface area contributed by atoms with E-state index in [0.717, 1.165) is 30.6 Å². The van der Waals surface area contributed by atoms with Crippen LogP contribution in [0.1, 0.15) is 28.9 Å². The standard InChI is InChI=1S/C20H24N6O2/c1-3-17(27)26-10-4-5-15(12-26)23-16-11-22-18(19(21)28)20(25-16)24-14-8-6-13(2)7-9-14/h3,6-9,11,15H,1,4-5,10,12H2,2H3,(H2,21,28)(H2,23,24,25)/t15-/m1/s1. The molecule has 1 aromatic carbocycles. The van der Waals surface area contributed by atoms with E-state index in [1.807, 2.05) is 31.2 Å². The average molecular weight is 380 g/mol. The molecule has 146 valence electrons. The van der Waals surface area contributed by atoms with Crippen molar-refractivity contribution >= 4 is 29.1 Å². The van der Waals surface area contributed by atoms with Gasteiger partial charge in [-0.1, -0.05) is 24.3 Å². The highest BCUT2D eigenvalue weighted by Gasteiger charge is 2.23. The Labute approximate surface area is 163 Å². The van der Waals surface area contributed by atoms with Crippen LogP contribution >= 0.6 is 0 Å². The largest absolute Gasteiger partial charge is 0.364 e. The first-order valence-electron chi connectivity index (χ1n) is 9.14. The lowest BCUT2D eigenvalue weighted by Crippen LogP contribution is -2.44. The van der Waals surface area contributed by atoms with Gasteiger partial charge in [0.05, 0.1) is 6.20 Å². The lowest BCUT2D eigenvalue weighted by Gasteiger charge is -2.32. The van der Waals surface area contributed by atoms with Crippen LogP contribution in [0.3, 0.4) is 0 Å². The maximum Gasteiger partial charge on any atom is 0.271 e. The Balaban J connectivity index is 1.78. The molecule has 1 saturated heterocycles. The fourth-order valence-electron chi connectivity index (χ4n) is 3.13. The van der Waals surface area contributed by atoms with Crippen LogP contribution in [0.4, 0.5) is 17.3 Å². The van der Waals surface area contributed by atoms with E-state index in [9.17, 15) is 9.59 Å². The van der Waals surface area contributed by atoms with E-state index in [-0.39, 0.29) is 23.5 Å². The topological polar surface area (TPSA) is 113 Å². The van der Waals surface area contributed by atoms with E-state index in [4.69, 9.17) is 5.73 Å². The van der Waals surface area contributed by atoms with Crippen LogP contribution < -0.4 is 16.4 Å². The van der Waals surface area contributed by atoms with Crippen LogP contribution in [0.15, 0.2) is 43.1 Å². The summed E-state index contributed by atoms with van der Waals surface area (Å²) in [6.07, 6.45) is 4.60. The number of nitrogens with one attached hydrogen (secondary N) is 2. The number of hydrogen-bond donors (Lipinski definition) is 3. The molecular weight excluding hydrogens is 356 g/mol. The zero-order valence-corrected chi connectivity index (χ0v) is 15.8. The first-order chi connectivity index (χ1) is 13.5. The molecule has 8 heteroatoms. The molecule has 2 heterocycles. The number of nitrogens with zero attached hydrogens (tertiary/aromatic N) is 3. The molecular formula is C20H24N6O2. The third kappa shape index (κ3) is 4.64. The van der Waals surface area contributed by atoms with Crippen LogP contribution in [0.2, 0.25) is 0 Å². The smallest absolute Gasteiger partial charge is 0.271 e. The summed E-state index contributed by atoms with van der Waals surface area (Å²) >= 11 is 0. The van der Waals surface area contributed by atoms with Crippen molar-refractivity contribution in [1.82, 2.24) is 14.9 Å². The minimum atomic E-state index is -0.658. The summed E-state index contributed by atoms with van der Waals surface area (Å²) in [7, 11) is 0. The number of aromatic nitrogens is 2. The van der Waals surface area contributed by atoms with E-state index >= 15 is 0 Å². The fraction of sp³-hybridized carbons (Fsp3) is 0.300. The van der Waals surface area contributed by atoms with Gasteiger partial charge in [-0.15, -0.1) is 0 Å². The van der Waals surface area contributed by atoms with E-state index in [2.05, 4.69) is 27.2 Å². The molecule has 0 unspecified atom stereocenters. The minimum Gasteiger partial charge on any atom is -0.364 e. The van der Waals surface area contributed by atoms with Gasteiger partial charge in [-0.2, -0.15) is 0 Å². The number of amides is 2. The number of aryl methyl sites for hydroxylation is 1. The quantitative estimate of drug-likeness (QED) is 0.662. The Hall–Kier alpha value is -3.42.